The van der Waals surface area contributed by atoms with Crippen molar-refractivity contribution in [1.82, 2.24) is 4.57 Å². The largest absolute Gasteiger partial charge is 0.493 e. The van der Waals surface area contributed by atoms with E-state index in [4.69, 9.17) is 14.2 Å². The van der Waals surface area contributed by atoms with Crippen molar-refractivity contribution in [2.75, 3.05) is 6.61 Å². The molecular formula is C34H43NO6. The zero-order valence-electron chi connectivity index (χ0n) is 25.8. The van der Waals surface area contributed by atoms with E-state index in [0.29, 0.717) is 29.1 Å². The topological polar surface area (TPSA) is 87.0 Å². The number of aromatic nitrogens is 1. The molecule has 0 radical (unpaired) electrons. The van der Waals surface area contributed by atoms with Crippen LogP contribution in [0.25, 0.3) is 16.8 Å². The molecule has 0 saturated carbocycles. The number of ether oxygens (including phenoxy) is 3. The molecule has 0 spiro atoms. The molecule has 0 aliphatic carbocycles. The molecule has 0 bridgehead atoms. The second kappa shape index (κ2) is 11.5. The van der Waals surface area contributed by atoms with Crippen molar-refractivity contribution in [3.8, 4) is 22.6 Å². The fourth-order valence-corrected chi connectivity index (χ4v) is 5.22. The molecule has 4 rings (SSSR count). The van der Waals surface area contributed by atoms with Crippen molar-refractivity contribution in [3.05, 3.63) is 80.3 Å². The van der Waals surface area contributed by atoms with E-state index in [-0.39, 0.29) is 17.7 Å². The number of pyridine rings is 1. The third kappa shape index (κ3) is 6.74. The minimum atomic E-state index is -1.39. The number of carboxylic acid groups (broad SMARTS) is 1. The first kappa shape index (κ1) is 30.5. The third-order valence-electron chi connectivity index (χ3n) is 7.31. The summed E-state index contributed by atoms with van der Waals surface area (Å²) in [4.78, 5) is 27.4. The number of hydrogen-bond acceptors (Lipinski definition) is 5. The molecule has 0 fully saturated rings. The number of nitrogens with zero attached hydrogens (tertiary/aromatic N) is 1. The highest BCUT2D eigenvalue weighted by Crippen LogP contribution is 2.40. The van der Waals surface area contributed by atoms with Gasteiger partial charge < -0.3 is 19.3 Å². The van der Waals surface area contributed by atoms with Gasteiger partial charge in [0.1, 0.15) is 5.75 Å². The normalized spacial score (nSPS) is 14.4. The Bertz CT molecular complexity index is 1520. The second-order valence-corrected chi connectivity index (χ2v) is 12.9. The average Bonchev–Trinajstić information content (AvgIpc) is 2.87. The van der Waals surface area contributed by atoms with Gasteiger partial charge in [0.2, 0.25) is 0 Å². The van der Waals surface area contributed by atoms with Gasteiger partial charge in [0.15, 0.2) is 6.10 Å². The van der Waals surface area contributed by atoms with Crippen LogP contribution in [0.4, 0.5) is 0 Å². The molecule has 3 aromatic rings. The van der Waals surface area contributed by atoms with Crippen LogP contribution in [-0.4, -0.2) is 33.5 Å². The average molecular weight is 562 g/mol. The van der Waals surface area contributed by atoms with Gasteiger partial charge in [0.25, 0.3) is 5.56 Å². The molecule has 1 aliphatic heterocycles. The van der Waals surface area contributed by atoms with Crippen LogP contribution in [-0.2, 0) is 27.3 Å². The van der Waals surface area contributed by atoms with Crippen molar-refractivity contribution < 1.29 is 24.1 Å². The standard InChI is InChI=1S/C34H43NO6/c1-20-12-14-25(17-21(20)2)35-22(3)28(24-13-15-27-23(18-24)11-10-16-39-27)29(30(32(37)38)41-34(7,8)9)26(31(35)36)19-40-33(4,5)6/h12-15,17-18,30H,10-11,16,19H2,1-9H3,(H,37,38). The van der Waals surface area contributed by atoms with Gasteiger partial charge in [-0.1, -0.05) is 12.1 Å². The minimum Gasteiger partial charge on any atom is -0.493 e. The molecule has 0 saturated heterocycles. The fraction of sp³-hybridized carbons (Fsp3) is 0.471. The second-order valence-electron chi connectivity index (χ2n) is 12.9. The van der Waals surface area contributed by atoms with E-state index in [1.54, 1.807) is 4.57 Å². The van der Waals surface area contributed by atoms with Crippen LogP contribution in [0.2, 0.25) is 0 Å². The SMILES string of the molecule is Cc1ccc(-n2c(C)c(-c3ccc4c(c3)CCCO4)c(C(OC(C)(C)C)C(=O)O)c(COC(C)(C)C)c2=O)cc1C. The first-order chi connectivity index (χ1) is 19.1. The summed E-state index contributed by atoms with van der Waals surface area (Å²) >= 11 is 0. The monoisotopic (exact) mass is 561 g/mol. The van der Waals surface area contributed by atoms with Crippen LogP contribution < -0.4 is 10.3 Å². The molecule has 1 atom stereocenters. The number of carboxylic acids is 1. The zero-order valence-corrected chi connectivity index (χ0v) is 25.8. The number of fused-ring (bicyclic) bond motifs is 1. The quantitative estimate of drug-likeness (QED) is 0.334. The van der Waals surface area contributed by atoms with Crippen molar-refractivity contribution in [2.24, 2.45) is 0 Å². The number of rotatable bonds is 7. The lowest BCUT2D eigenvalue weighted by atomic mass is 9.89. The number of hydrogen-bond donors (Lipinski definition) is 1. The highest BCUT2D eigenvalue weighted by Gasteiger charge is 2.35. The summed E-state index contributed by atoms with van der Waals surface area (Å²) in [5, 5.41) is 10.5. The maximum atomic E-state index is 14.4. The molecule has 7 heteroatoms. The lowest BCUT2D eigenvalue weighted by molar-refractivity contribution is -0.160. The first-order valence-electron chi connectivity index (χ1n) is 14.2. The molecule has 220 valence electrons. The first-order valence-corrected chi connectivity index (χ1v) is 14.2. The van der Waals surface area contributed by atoms with Crippen LogP contribution in [0.3, 0.4) is 0 Å². The summed E-state index contributed by atoms with van der Waals surface area (Å²) < 4.78 is 19.9. The third-order valence-corrected chi connectivity index (χ3v) is 7.31. The number of benzene rings is 2. The zero-order chi connectivity index (χ0) is 30.3. The van der Waals surface area contributed by atoms with Crippen LogP contribution in [0.15, 0.2) is 41.2 Å². The molecule has 1 N–H and O–H groups in total. The molecule has 7 nitrogen and oxygen atoms in total. The summed E-state index contributed by atoms with van der Waals surface area (Å²) in [7, 11) is 0. The van der Waals surface area contributed by atoms with Gasteiger partial charge in [0.05, 0.1) is 30.0 Å². The summed E-state index contributed by atoms with van der Waals surface area (Å²) in [6.45, 7) is 17.7. The fourth-order valence-electron chi connectivity index (χ4n) is 5.22. The molecule has 1 unspecified atom stereocenters. The predicted molar refractivity (Wildman–Crippen MR) is 161 cm³/mol. The summed E-state index contributed by atoms with van der Waals surface area (Å²) in [6, 6.07) is 11.8. The Morgan fingerprint density at radius 3 is 2.32 bits per heavy atom. The number of aryl methyl sites for hydroxylation is 3. The number of aliphatic carboxylic acids is 1. The molecule has 1 aromatic heterocycles. The van der Waals surface area contributed by atoms with Crippen LogP contribution >= 0.6 is 0 Å². The molecule has 2 aromatic carbocycles. The van der Waals surface area contributed by atoms with Crippen molar-refractivity contribution in [3.63, 3.8) is 0 Å². The van der Waals surface area contributed by atoms with Crippen molar-refractivity contribution in [2.45, 2.75) is 99.1 Å². The van der Waals surface area contributed by atoms with E-state index in [1.807, 2.05) is 92.6 Å². The Kier molecular flexibility index (Phi) is 8.53. The Labute approximate surface area is 243 Å². The Morgan fingerprint density at radius 2 is 1.71 bits per heavy atom. The smallest absolute Gasteiger partial charge is 0.337 e. The van der Waals surface area contributed by atoms with Gasteiger partial charge >= 0.3 is 5.97 Å². The molecule has 0 amide bonds. The van der Waals surface area contributed by atoms with E-state index in [2.05, 4.69) is 6.07 Å². The van der Waals surface area contributed by atoms with Crippen molar-refractivity contribution >= 4 is 5.97 Å². The minimum absolute atomic E-state index is 0.0683. The van der Waals surface area contributed by atoms with Gasteiger partial charge in [-0.25, -0.2) is 4.79 Å². The maximum absolute atomic E-state index is 14.4. The van der Waals surface area contributed by atoms with Crippen LogP contribution in [0.1, 0.15) is 87.6 Å². The molecule has 41 heavy (non-hydrogen) atoms. The lowest BCUT2D eigenvalue weighted by Gasteiger charge is -2.31. The van der Waals surface area contributed by atoms with Gasteiger partial charge in [0, 0.05) is 22.5 Å². The van der Waals surface area contributed by atoms with E-state index in [0.717, 1.165) is 40.8 Å². The summed E-state index contributed by atoms with van der Waals surface area (Å²) in [5.74, 6) is -0.332. The van der Waals surface area contributed by atoms with E-state index >= 15 is 0 Å². The van der Waals surface area contributed by atoms with Crippen LogP contribution in [0.5, 0.6) is 5.75 Å². The lowest BCUT2D eigenvalue weighted by Crippen LogP contribution is -2.34. The highest BCUT2D eigenvalue weighted by molar-refractivity contribution is 5.82. The Morgan fingerprint density at radius 1 is 1.00 bits per heavy atom. The van der Waals surface area contributed by atoms with Gasteiger partial charge in [-0.3, -0.25) is 9.36 Å². The van der Waals surface area contributed by atoms with Crippen LogP contribution in [0, 0.1) is 20.8 Å². The van der Waals surface area contributed by atoms with E-state index in [1.165, 1.54) is 0 Å². The highest BCUT2D eigenvalue weighted by atomic mass is 16.5. The van der Waals surface area contributed by atoms with Gasteiger partial charge in [-0.2, -0.15) is 0 Å². The van der Waals surface area contributed by atoms with Gasteiger partial charge in [-0.15, -0.1) is 0 Å². The summed E-state index contributed by atoms with van der Waals surface area (Å²) in [5.41, 5.74) is 4.96. The van der Waals surface area contributed by atoms with E-state index in [9.17, 15) is 14.7 Å². The molecule has 1 aliphatic rings. The Balaban J connectivity index is 2.15. The molecular weight excluding hydrogens is 518 g/mol. The van der Waals surface area contributed by atoms with E-state index < -0.39 is 23.3 Å². The molecule has 2 heterocycles. The summed E-state index contributed by atoms with van der Waals surface area (Å²) in [6.07, 6.45) is 0.367. The van der Waals surface area contributed by atoms with Crippen molar-refractivity contribution in [1.29, 1.82) is 0 Å². The predicted octanol–water partition coefficient (Wildman–Crippen LogP) is 7.01. The Hall–Kier alpha value is -3.42. The number of carbonyl (C=O) groups is 1. The van der Waals surface area contributed by atoms with Gasteiger partial charge in [-0.05, 0) is 122 Å². The maximum Gasteiger partial charge on any atom is 0.337 e.